The highest BCUT2D eigenvalue weighted by Gasteiger charge is 2.00. The Bertz CT molecular complexity index is 456. The number of hydrogen-bond acceptors (Lipinski definition) is 3. The van der Waals surface area contributed by atoms with Crippen LogP contribution in [0.2, 0.25) is 10.0 Å². The van der Waals surface area contributed by atoms with Crippen LogP contribution in [0.4, 0.5) is 0 Å². The maximum Gasteiger partial charge on any atom is 0.138 e. The van der Waals surface area contributed by atoms with Crippen LogP contribution < -0.4 is 5.32 Å². The van der Waals surface area contributed by atoms with Gasteiger partial charge in [0.15, 0.2) is 0 Å². The quantitative estimate of drug-likeness (QED) is 0.884. The molecule has 0 aliphatic carbocycles. The highest BCUT2D eigenvalue weighted by atomic mass is 35.5. The number of hydrogen-bond donors (Lipinski definition) is 2. The van der Waals surface area contributed by atoms with Gasteiger partial charge in [-0.3, -0.25) is 5.10 Å². The molecule has 4 nitrogen and oxygen atoms in total. The average Bonchev–Trinajstić information content (AvgIpc) is 2.76. The van der Waals surface area contributed by atoms with Gasteiger partial charge in [-0.2, -0.15) is 5.10 Å². The van der Waals surface area contributed by atoms with Gasteiger partial charge in [-0.1, -0.05) is 29.3 Å². The Kier molecular flexibility index (Phi) is 3.77. The fraction of sp³-hybridized carbons (Fsp3) is 0.200. The van der Waals surface area contributed by atoms with Gasteiger partial charge in [0.1, 0.15) is 12.2 Å². The van der Waals surface area contributed by atoms with E-state index in [1.165, 1.54) is 6.33 Å². The molecule has 0 aliphatic heterocycles. The first-order valence-electron chi connectivity index (χ1n) is 4.74. The van der Waals surface area contributed by atoms with Crippen LogP contribution in [-0.4, -0.2) is 15.2 Å². The lowest BCUT2D eigenvalue weighted by Crippen LogP contribution is -2.13. The zero-order valence-electron chi connectivity index (χ0n) is 8.37. The molecular formula is C10H10Cl2N4. The van der Waals surface area contributed by atoms with Crippen LogP contribution in [0.1, 0.15) is 11.4 Å². The summed E-state index contributed by atoms with van der Waals surface area (Å²) in [5, 5.41) is 10.9. The summed E-state index contributed by atoms with van der Waals surface area (Å²) < 4.78 is 0. The number of H-pyrrole nitrogens is 1. The molecule has 0 bridgehead atoms. The predicted molar refractivity (Wildman–Crippen MR) is 63.4 cm³/mol. The standard InChI is InChI=1S/C10H10Cl2N4/c11-8-2-1-7(3-9(8)12)4-13-5-10-14-6-15-16-10/h1-3,6,13H,4-5H2,(H,14,15,16). The molecule has 2 N–H and O–H groups in total. The molecule has 0 spiro atoms. The topological polar surface area (TPSA) is 53.6 Å². The van der Waals surface area contributed by atoms with E-state index in [1.54, 1.807) is 6.07 Å². The molecular weight excluding hydrogens is 247 g/mol. The second kappa shape index (κ2) is 5.30. The van der Waals surface area contributed by atoms with Gasteiger partial charge in [0, 0.05) is 6.54 Å². The maximum atomic E-state index is 5.90. The van der Waals surface area contributed by atoms with Gasteiger partial charge in [0.2, 0.25) is 0 Å². The second-order valence-corrected chi connectivity index (χ2v) is 4.10. The van der Waals surface area contributed by atoms with Crippen molar-refractivity contribution in [2.75, 3.05) is 0 Å². The molecule has 16 heavy (non-hydrogen) atoms. The third-order valence-electron chi connectivity index (χ3n) is 2.07. The van der Waals surface area contributed by atoms with E-state index in [2.05, 4.69) is 20.5 Å². The molecule has 0 saturated heterocycles. The van der Waals surface area contributed by atoms with E-state index in [4.69, 9.17) is 23.2 Å². The van der Waals surface area contributed by atoms with Crippen LogP contribution in [0.25, 0.3) is 0 Å². The van der Waals surface area contributed by atoms with E-state index < -0.39 is 0 Å². The summed E-state index contributed by atoms with van der Waals surface area (Å²) in [5.41, 5.74) is 1.08. The lowest BCUT2D eigenvalue weighted by molar-refractivity contribution is 0.665. The minimum absolute atomic E-state index is 0.570. The van der Waals surface area contributed by atoms with Crippen molar-refractivity contribution in [2.24, 2.45) is 0 Å². The normalized spacial score (nSPS) is 10.6. The molecule has 0 atom stereocenters. The van der Waals surface area contributed by atoms with Gasteiger partial charge >= 0.3 is 0 Å². The zero-order chi connectivity index (χ0) is 11.4. The summed E-state index contributed by atoms with van der Waals surface area (Å²) >= 11 is 11.7. The minimum atomic E-state index is 0.570. The maximum absolute atomic E-state index is 5.90. The number of benzene rings is 1. The Labute approximate surface area is 103 Å². The lowest BCUT2D eigenvalue weighted by atomic mass is 10.2. The molecule has 2 aromatic rings. The van der Waals surface area contributed by atoms with E-state index >= 15 is 0 Å². The van der Waals surface area contributed by atoms with Crippen molar-refractivity contribution in [3.05, 3.63) is 46.0 Å². The summed E-state index contributed by atoms with van der Waals surface area (Å²) in [4.78, 5) is 4.00. The smallest absolute Gasteiger partial charge is 0.138 e. The fourth-order valence-electron chi connectivity index (χ4n) is 1.29. The van der Waals surface area contributed by atoms with Crippen LogP contribution in [0, 0.1) is 0 Å². The van der Waals surface area contributed by atoms with Gasteiger partial charge in [0.05, 0.1) is 16.6 Å². The molecule has 0 unspecified atom stereocenters. The number of aromatic nitrogens is 3. The Morgan fingerprint density at radius 3 is 2.75 bits per heavy atom. The number of nitrogens with one attached hydrogen (secondary N) is 2. The van der Waals surface area contributed by atoms with Gasteiger partial charge in [-0.15, -0.1) is 0 Å². The predicted octanol–water partition coefficient (Wildman–Crippen LogP) is 2.40. The third-order valence-corrected chi connectivity index (χ3v) is 2.81. The van der Waals surface area contributed by atoms with E-state index in [9.17, 15) is 0 Å². The molecule has 0 amide bonds. The van der Waals surface area contributed by atoms with E-state index in [0.717, 1.165) is 11.4 Å². The summed E-state index contributed by atoms with van der Waals surface area (Å²) in [6.45, 7) is 1.35. The van der Waals surface area contributed by atoms with Crippen molar-refractivity contribution in [3.8, 4) is 0 Å². The Morgan fingerprint density at radius 2 is 2.06 bits per heavy atom. The van der Waals surface area contributed by atoms with Crippen LogP contribution >= 0.6 is 23.2 Å². The first-order valence-corrected chi connectivity index (χ1v) is 5.50. The van der Waals surface area contributed by atoms with Crippen molar-refractivity contribution in [2.45, 2.75) is 13.1 Å². The highest BCUT2D eigenvalue weighted by Crippen LogP contribution is 2.22. The van der Waals surface area contributed by atoms with Gasteiger partial charge in [-0.05, 0) is 17.7 Å². The minimum Gasteiger partial charge on any atom is -0.306 e. The van der Waals surface area contributed by atoms with Gasteiger partial charge in [0.25, 0.3) is 0 Å². The zero-order valence-corrected chi connectivity index (χ0v) is 9.89. The Morgan fingerprint density at radius 1 is 1.19 bits per heavy atom. The SMILES string of the molecule is Clc1ccc(CNCc2ncn[nH]2)cc1Cl. The van der Waals surface area contributed by atoms with Crippen LogP contribution in [-0.2, 0) is 13.1 Å². The van der Waals surface area contributed by atoms with E-state index in [1.807, 2.05) is 12.1 Å². The molecule has 2 rings (SSSR count). The molecule has 1 aromatic carbocycles. The molecule has 0 aliphatic rings. The molecule has 1 aromatic heterocycles. The van der Waals surface area contributed by atoms with Crippen molar-refractivity contribution in [3.63, 3.8) is 0 Å². The Balaban J connectivity index is 1.87. The second-order valence-electron chi connectivity index (χ2n) is 3.28. The first-order chi connectivity index (χ1) is 7.75. The summed E-state index contributed by atoms with van der Waals surface area (Å²) in [6, 6.07) is 5.56. The first kappa shape index (κ1) is 11.4. The van der Waals surface area contributed by atoms with Crippen LogP contribution in [0.3, 0.4) is 0 Å². The summed E-state index contributed by atoms with van der Waals surface area (Å²) in [5.74, 6) is 0.806. The highest BCUT2D eigenvalue weighted by molar-refractivity contribution is 6.42. The van der Waals surface area contributed by atoms with Crippen molar-refractivity contribution < 1.29 is 0 Å². The van der Waals surface area contributed by atoms with Crippen LogP contribution in [0.15, 0.2) is 24.5 Å². The monoisotopic (exact) mass is 256 g/mol. The van der Waals surface area contributed by atoms with Crippen molar-refractivity contribution in [1.29, 1.82) is 0 Å². The largest absolute Gasteiger partial charge is 0.306 e. The van der Waals surface area contributed by atoms with Crippen LogP contribution in [0.5, 0.6) is 0 Å². The molecule has 84 valence electrons. The molecule has 0 radical (unpaired) electrons. The number of nitrogens with zero attached hydrogens (tertiary/aromatic N) is 2. The van der Waals surface area contributed by atoms with Crippen molar-refractivity contribution >= 4 is 23.2 Å². The number of aromatic amines is 1. The summed E-state index contributed by atoms with van der Waals surface area (Å²) in [7, 11) is 0. The van der Waals surface area contributed by atoms with Gasteiger partial charge < -0.3 is 5.32 Å². The van der Waals surface area contributed by atoms with Gasteiger partial charge in [-0.25, -0.2) is 4.98 Å². The number of rotatable bonds is 4. The molecule has 0 fully saturated rings. The fourth-order valence-corrected chi connectivity index (χ4v) is 1.61. The van der Waals surface area contributed by atoms with E-state index in [-0.39, 0.29) is 0 Å². The summed E-state index contributed by atoms with van der Waals surface area (Å²) in [6.07, 6.45) is 1.48. The average molecular weight is 257 g/mol. The number of halogens is 2. The lowest BCUT2D eigenvalue weighted by Gasteiger charge is -2.04. The molecule has 0 saturated carbocycles. The Hall–Kier alpha value is -1.10. The van der Waals surface area contributed by atoms with Crippen molar-refractivity contribution in [1.82, 2.24) is 20.5 Å². The van der Waals surface area contributed by atoms with E-state index in [0.29, 0.717) is 23.1 Å². The molecule has 6 heteroatoms. The molecule has 1 heterocycles. The third kappa shape index (κ3) is 2.95.